The van der Waals surface area contributed by atoms with E-state index in [9.17, 15) is 4.79 Å². The summed E-state index contributed by atoms with van der Waals surface area (Å²) in [5.74, 6) is 0. The van der Waals surface area contributed by atoms with Gasteiger partial charge in [-0.05, 0) is 33.0 Å². The molecule has 0 saturated carbocycles. The average molecular weight is 184 g/mol. The molecule has 4 heteroatoms. The number of hydrogen-bond acceptors (Lipinski definition) is 3. The highest BCUT2D eigenvalue weighted by molar-refractivity contribution is 5.68. The third-order valence-electron chi connectivity index (χ3n) is 1.50. The molecule has 0 radical (unpaired) electrons. The lowest BCUT2D eigenvalue weighted by molar-refractivity contribution is 0.0256. The molecule has 1 aliphatic heterocycles. The lowest BCUT2D eigenvalue weighted by Crippen LogP contribution is -2.42. The van der Waals surface area contributed by atoms with Crippen LogP contribution in [-0.2, 0) is 4.74 Å². The van der Waals surface area contributed by atoms with Crippen LogP contribution in [-0.4, -0.2) is 29.8 Å². The number of ether oxygens (including phenoxy) is 1. The van der Waals surface area contributed by atoms with Gasteiger partial charge in [0.15, 0.2) is 0 Å². The number of amides is 1. The number of nitrogens with one attached hydrogen (secondary N) is 1. The highest BCUT2D eigenvalue weighted by atomic mass is 16.6. The van der Waals surface area contributed by atoms with Crippen LogP contribution in [0.15, 0.2) is 12.3 Å². The van der Waals surface area contributed by atoms with E-state index in [1.807, 2.05) is 33.0 Å². The van der Waals surface area contributed by atoms with Crippen LogP contribution in [0.25, 0.3) is 0 Å². The Morgan fingerprint density at radius 3 is 2.69 bits per heavy atom. The van der Waals surface area contributed by atoms with Crippen LogP contribution in [0, 0.1) is 0 Å². The van der Waals surface area contributed by atoms with Gasteiger partial charge in [-0.25, -0.2) is 4.79 Å². The first-order valence-electron chi connectivity index (χ1n) is 4.35. The molecule has 1 N–H and O–H groups in total. The fourth-order valence-corrected chi connectivity index (χ4v) is 0.956. The maximum Gasteiger partial charge on any atom is 0.411 e. The van der Waals surface area contributed by atoms with E-state index in [4.69, 9.17) is 4.74 Å². The molecule has 0 spiro atoms. The highest BCUT2D eigenvalue weighted by Gasteiger charge is 2.21. The molecule has 0 aromatic heterocycles. The van der Waals surface area contributed by atoms with Gasteiger partial charge in [0, 0.05) is 6.54 Å². The minimum atomic E-state index is -0.418. The van der Waals surface area contributed by atoms with E-state index in [-0.39, 0.29) is 6.09 Å². The Bertz CT molecular complexity index is 218. The fourth-order valence-electron chi connectivity index (χ4n) is 0.956. The van der Waals surface area contributed by atoms with Gasteiger partial charge in [0.2, 0.25) is 0 Å². The second-order valence-corrected chi connectivity index (χ2v) is 3.97. The normalized spacial score (nSPS) is 16.7. The zero-order chi connectivity index (χ0) is 9.90. The van der Waals surface area contributed by atoms with E-state index < -0.39 is 5.60 Å². The number of hydrogen-bond donors (Lipinski definition) is 1. The van der Waals surface area contributed by atoms with Crippen LogP contribution >= 0.6 is 0 Å². The number of nitrogens with zero attached hydrogens (tertiary/aromatic N) is 1. The Morgan fingerprint density at radius 1 is 1.54 bits per heavy atom. The zero-order valence-corrected chi connectivity index (χ0v) is 8.33. The maximum atomic E-state index is 11.4. The van der Waals surface area contributed by atoms with Gasteiger partial charge in [-0.2, -0.15) is 0 Å². The van der Waals surface area contributed by atoms with Crippen LogP contribution in [0.5, 0.6) is 0 Å². The van der Waals surface area contributed by atoms with Gasteiger partial charge in [0.1, 0.15) is 5.60 Å². The Morgan fingerprint density at radius 2 is 2.23 bits per heavy atom. The van der Waals surface area contributed by atoms with Crippen molar-refractivity contribution in [2.75, 3.05) is 13.2 Å². The van der Waals surface area contributed by atoms with Crippen LogP contribution in [0.4, 0.5) is 4.79 Å². The monoisotopic (exact) mass is 184 g/mol. The molecule has 0 atom stereocenters. The molecule has 0 saturated heterocycles. The van der Waals surface area contributed by atoms with Crippen molar-refractivity contribution in [3.05, 3.63) is 12.3 Å². The number of carbonyl (C=O) groups is 1. The van der Waals surface area contributed by atoms with Crippen molar-refractivity contribution in [3.63, 3.8) is 0 Å². The summed E-state index contributed by atoms with van der Waals surface area (Å²) in [6.07, 6.45) is 3.44. The van der Waals surface area contributed by atoms with Crippen LogP contribution in [0.1, 0.15) is 20.8 Å². The Balaban J connectivity index is 2.43. The van der Waals surface area contributed by atoms with Crippen molar-refractivity contribution >= 4 is 6.09 Å². The fraction of sp³-hybridized carbons (Fsp3) is 0.667. The average Bonchev–Trinajstić information content (AvgIpc) is 2.03. The molecule has 0 bridgehead atoms. The van der Waals surface area contributed by atoms with Crippen molar-refractivity contribution < 1.29 is 9.53 Å². The second kappa shape index (κ2) is 3.68. The van der Waals surface area contributed by atoms with Crippen molar-refractivity contribution in [1.82, 2.24) is 10.2 Å². The summed E-state index contributed by atoms with van der Waals surface area (Å²) in [5, 5.41) is 2.95. The topological polar surface area (TPSA) is 41.6 Å². The number of rotatable bonds is 0. The first kappa shape index (κ1) is 9.89. The summed E-state index contributed by atoms with van der Waals surface area (Å²) < 4.78 is 5.19. The first-order chi connectivity index (χ1) is 5.99. The SMILES string of the molecule is CC(C)(C)OC(=O)N1CC=CNC1. The van der Waals surface area contributed by atoms with Gasteiger partial charge in [-0.1, -0.05) is 0 Å². The van der Waals surface area contributed by atoms with Crippen LogP contribution < -0.4 is 5.32 Å². The van der Waals surface area contributed by atoms with E-state index in [1.165, 1.54) is 0 Å². The maximum absolute atomic E-state index is 11.4. The van der Waals surface area contributed by atoms with Crippen molar-refractivity contribution in [2.45, 2.75) is 26.4 Å². The van der Waals surface area contributed by atoms with Crippen LogP contribution in [0.2, 0.25) is 0 Å². The molecule has 1 aliphatic rings. The molecule has 0 aromatic rings. The Kier molecular flexibility index (Phi) is 2.80. The van der Waals surface area contributed by atoms with E-state index in [1.54, 1.807) is 4.90 Å². The largest absolute Gasteiger partial charge is 0.444 e. The van der Waals surface area contributed by atoms with E-state index in [2.05, 4.69) is 5.32 Å². The van der Waals surface area contributed by atoms with Crippen molar-refractivity contribution in [1.29, 1.82) is 0 Å². The lowest BCUT2D eigenvalue weighted by Gasteiger charge is -2.28. The minimum absolute atomic E-state index is 0.274. The van der Waals surface area contributed by atoms with Gasteiger partial charge in [-0.3, -0.25) is 4.90 Å². The Labute approximate surface area is 78.5 Å². The van der Waals surface area contributed by atoms with E-state index in [0.29, 0.717) is 13.2 Å². The first-order valence-corrected chi connectivity index (χ1v) is 4.35. The molecule has 0 aromatic carbocycles. The highest BCUT2D eigenvalue weighted by Crippen LogP contribution is 2.09. The molecule has 13 heavy (non-hydrogen) atoms. The van der Waals surface area contributed by atoms with Gasteiger partial charge in [0.25, 0.3) is 0 Å². The zero-order valence-electron chi connectivity index (χ0n) is 8.33. The smallest absolute Gasteiger partial charge is 0.411 e. The molecule has 4 nitrogen and oxygen atoms in total. The summed E-state index contributed by atoms with van der Waals surface area (Å²) in [7, 11) is 0. The molecular weight excluding hydrogens is 168 g/mol. The molecule has 74 valence electrons. The van der Waals surface area contributed by atoms with Gasteiger partial charge in [0.05, 0.1) is 6.67 Å². The summed E-state index contributed by atoms with van der Waals surface area (Å²) in [6, 6.07) is 0. The molecule has 0 aliphatic carbocycles. The summed E-state index contributed by atoms with van der Waals surface area (Å²) in [6.45, 7) is 6.71. The Hall–Kier alpha value is -1.19. The quantitative estimate of drug-likeness (QED) is 0.617. The lowest BCUT2D eigenvalue weighted by atomic mass is 10.2. The predicted molar refractivity (Wildman–Crippen MR) is 50.1 cm³/mol. The third kappa shape index (κ3) is 3.36. The molecule has 0 fully saturated rings. The van der Waals surface area contributed by atoms with Crippen molar-refractivity contribution in [3.8, 4) is 0 Å². The minimum Gasteiger partial charge on any atom is -0.444 e. The van der Waals surface area contributed by atoms with E-state index >= 15 is 0 Å². The predicted octanol–water partition coefficient (Wildman–Crippen LogP) is 1.30. The molecule has 0 unspecified atom stereocenters. The third-order valence-corrected chi connectivity index (χ3v) is 1.50. The summed E-state index contributed by atoms with van der Waals surface area (Å²) in [5.41, 5.74) is -0.418. The standard InChI is InChI=1S/C9H16N2O2/c1-9(2,3)13-8(12)11-6-4-5-10-7-11/h4-5,10H,6-7H2,1-3H3. The van der Waals surface area contributed by atoms with Gasteiger partial charge < -0.3 is 10.1 Å². The van der Waals surface area contributed by atoms with Gasteiger partial charge in [-0.15, -0.1) is 0 Å². The molecule has 1 rings (SSSR count). The summed E-state index contributed by atoms with van der Waals surface area (Å²) >= 11 is 0. The van der Waals surface area contributed by atoms with Gasteiger partial charge >= 0.3 is 6.09 Å². The molecule has 1 heterocycles. The van der Waals surface area contributed by atoms with Crippen molar-refractivity contribution in [2.24, 2.45) is 0 Å². The molecule has 1 amide bonds. The van der Waals surface area contributed by atoms with Crippen LogP contribution in [0.3, 0.4) is 0 Å². The molecular formula is C9H16N2O2. The second-order valence-electron chi connectivity index (χ2n) is 3.97. The van der Waals surface area contributed by atoms with E-state index in [0.717, 1.165) is 0 Å². The number of carbonyl (C=O) groups excluding carboxylic acids is 1. The summed E-state index contributed by atoms with van der Waals surface area (Å²) in [4.78, 5) is 13.0.